The monoisotopic (exact) mass is 467 g/mol. The highest BCUT2D eigenvalue weighted by atomic mass is 35.5. The van der Waals surface area contributed by atoms with Crippen LogP contribution in [-0.2, 0) is 14.3 Å². The quantitative estimate of drug-likeness (QED) is 0.671. The second kappa shape index (κ2) is 11.7. The van der Waals surface area contributed by atoms with Gasteiger partial charge in [-0.2, -0.15) is 0 Å². The maximum atomic E-state index is 12.6. The van der Waals surface area contributed by atoms with Crippen molar-refractivity contribution in [1.29, 1.82) is 0 Å². The molecule has 2 heterocycles. The van der Waals surface area contributed by atoms with Gasteiger partial charge >= 0.3 is 0 Å². The number of rotatable bonds is 6. The predicted octanol–water partition coefficient (Wildman–Crippen LogP) is 2.96. The van der Waals surface area contributed by atoms with Crippen molar-refractivity contribution >= 4 is 42.3 Å². The minimum absolute atomic E-state index is 0. The fourth-order valence-corrected chi connectivity index (χ4v) is 3.97. The molecule has 9 heteroatoms. The Morgan fingerprint density at radius 1 is 1.31 bits per heavy atom. The van der Waals surface area contributed by atoms with Crippen molar-refractivity contribution in [3.8, 4) is 0 Å². The molecule has 2 fully saturated rings. The molecular formula is C20H32Cl3N3O3. The molecule has 1 aromatic rings. The summed E-state index contributed by atoms with van der Waals surface area (Å²) < 4.78 is 11.6. The van der Waals surface area contributed by atoms with Crippen molar-refractivity contribution in [1.82, 2.24) is 10.2 Å². The van der Waals surface area contributed by atoms with E-state index in [4.69, 9.17) is 26.8 Å². The molecule has 3 rings (SSSR count). The van der Waals surface area contributed by atoms with Gasteiger partial charge in [0.05, 0.1) is 24.4 Å². The predicted molar refractivity (Wildman–Crippen MR) is 120 cm³/mol. The van der Waals surface area contributed by atoms with Gasteiger partial charge in [0.25, 0.3) is 0 Å². The third-order valence-corrected chi connectivity index (χ3v) is 5.54. The van der Waals surface area contributed by atoms with E-state index in [0.717, 1.165) is 31.5 Å². The van der Waals surface area contributed by atoms with Crippen LogP contribution in [0, 0.1) is 0 Å². The molecule has 1 aromatic carbocycles. The first-order valence-corrected chi connectivity index (χ1v) is 10.0. The molecule has 166 valence electrons. The molecule has 0 bridgehead atoms. The number of nitrogens with zero attached hydrogens (tertiary/aromatic N) is 1. The average molecular weight is 469 g/mol. The van der Waals surface area contributed by atoms with Gasteiger partial charge in [-0.25, -0.2) is 0 Å². The number of carbonyl (C=O) groups excluding carboxylic acids is 1. The van der Waals surface area contributed by atoms with E-state index in [1.807, 2.05) is 24.3 Å². The Morgan fingerprint density at radius 2 is 2.00 bits per heavy atom. The molecule has 2 aliphatic heterocycles. The van der Waals surface area contributed by atoms with Gasteiger partial charge in [0, 0.05) is 31.2 Å². The summed E-state index contributed by atoms with van der Waals surface area (Å²) in [5.74, 6) is -0.0579. The van der Waals surface area contributed by atoms with E-state index in [0.29, 0.717) is 24.7 Å². The third-order valence-electron chi connectivity index (χ3n) is 5.28. The number of nitrogens with one attached hydrogen (secondary N) is 1. The van der Waals surface area contributed by atoms with E-state index in [-0.39, 0.29) is 48.5 Å². The number of hydrogen-bond donors (Lipinski definition) is 2. The molecule has 0 saturated carbocycles. The molecular weight excluding hydrogens is 437 g/mol. The van der Waals surface area contributed by atoms with Crippen molar-refractivity contribution in [2.45, 2.75) is 50.5 Å². The summed E-state index contributed by atoms with van der Waals surface area (Å²) in [6.07, 6.45) is 1.16. The van der Waals surface area contributed by atoms with E-state index in [1.54, 1.807) is 0 Å². The molecule has 3 N–H and O–H groups in total. The minimum Gasteiger partial charge on any atom is -0.373 e. The molecule has 0 aliphatic carbocycles. The zero-order valence-electron chi connectivity index (χ0n) is 16.9. The standard InChI is InChI=1S/C20H30ClN3O3.2ClH/c1-20(2)13-24(9-10-26-20)17(14-3-5-15(21)6-4-14)12-23-19(25)18-8-7-16(11-22)27-18;;/h3-6,16-18H,7-13,22H2,1-2H3,(H,23,25);2*1H/t16-,17?,18+;;/m1../s1. The lowest BCUT2D eigenvalue weighted by Crippen LogP contribution is -2.52. The van der Waals surface area contributed by atoms with Gasteiger partial charge in [-0.3, -0.25) is 9.69 Å². The second-order valence-corrected chi connectivity index (χ2v) is 8.39. The van der Waals surface area contributed by atoms with Crippen LogP contribution in [0.3, 0.4) is 0 Å². The molecule has 3 atom stereocenters. The van der Waals surface area contributed by atoms with Gasteiger partial charge in [0.15, 0.2) is 0 Å². The van der Waals surface area contributed by atoms with Crippen molar-refractivity contribution in [3.05, 3.63) is 34.9 Å². The molecule has 0 spiro atoms. The number of amides is 1. The van der Waals surface area contributed by atoms with E-state index in [9.17, 15) is 4.79 Å². The Balaban J connectivity index is 0.00000210. The van der Waals surface area contributed by atoms with Gasteiger partial charge in [0.2, 0.25) is 5.91 Å². The molecule has 1 unspecified atom stereocenters. The Bertz CT molecular complexity index is 646. The Hall–Kier alpha value is -0.600. The maximum Gasteiger partial charge on any atom is 0.249 e. The Kier molecular flexibility index (Phi) is 10.7. The number of hydrogen-bond acceptors (Lipinski definition) is 5. The fourth-order valence-electron chi connectivity index (χ4n) is 3.84. The highest BCUT2D eigenvalue weighted by Crippen LogP contribution is 2.28. The minimum atomic E-state index is -0.398. The van der Waals surface area contributed by atoms with E-state index < -0.39 is 6.10 Å². The van der Waals surface area contributed by atoms with Crippen molar-refractivity contribution in [2.75, 3.05) is 32.8 Å². The molecule has 2 saturated heterocycles. The lowest BCUT2D eigenvalue weighted by molar-refractivity contribution is -0.132. The van der Waals surface area contributed by atoms with E-state index in [1.165, 1.54) is 0 Å². The van der Waals surface area contributed by atoms with Gasteiger partial charge < -0.3 is 20.5 Å². The SMILES string of the molecule is CC1(C)CN(C(CNC(=O)[C@@H]2CC[C@H](CN)O2)c2ccc(Cl)cc2)CCO1.Cl.Cl. The third kappa shape index (κ3) is 7.24. The van der Waals surface area contributed by atoms with Crippen molar-refractivity contribution in [2.24, 2.45) is 5.73 Å². The molecule has 29 heavy (non-hydrogen) atoms. The maximum absolute atomic E-state index is 12.6. The average Bonchev–Trinajstić information content (AvgIpc) is 3.12. The van der Waals surface area contributed by atoms with Crippen LogP contribution in [0.2, 0.25) is 5.02 Å². The number of benzene rings is 1. The summed E-state index contributed by atoms with van der Waals surface area (Å²) in [5.41, 5.74) is 6.56. The fraction of sp³-hybridized carbons (Fsp3) is 0.650. The highest BCUT2D eigenvalue weighted by molar-refractivity contribution is 6.30. The summed E-state index contributed by atoms with van der Waals surface area (Å²) >= 11 is 6.06. The summed E-state index contributed by atoms with van der Waals surface area (Å²) in [5, 5.41) is 3.79. The van der Waals surface area contributed by atoms with Gasteiger partial charge in [0.1, 0.15) is 6.10 Å². The number of halogens is 3. The first-order valence-electron chi connectivity index (χ1n) is 9.65. The summed E-state index contributed by atoms with van der Waals surface area (Å²) in [6, 6.07) is 7.89. The molecule has 2 aliphatic rings. The molecule has 0 radical (unpaired) electrons. The van der Waals surface area contributed by atoms with Crippen LogP contribution in [-0.4, -0.2) is 61.4 Å². The molecule has 1 amide bonds. The first-order chi connectivity index (χ1) is 12.9. The first kappa shape index (κ1) is 26.4. The zero-order valence-corrected chi connectivity index (χ0v) is 19.3. The number of nitrogens with two attached hydrogens (primary N) is 1. The Labute approximate surface area is 190 Å². The number of carbonyl (C=O) groups is 1. The van der Waals surface area contributed by atoms with Crippen molar-refractivity contribution in [3.63, 3.8) is 0 Å². The van der Waals surface area contributed by atoms with Crippen LogP contribution in [0.4, 0.5) is 0 Å². The summed E-state index contributed by atoms with van der Waals surface area (Å²) in [7, 11) is 0. The molecule has 0 aromatic heterocycles. The van der Waals surface area contributed by atoms with Crippen LogP contribution >= 0.6 is 36.4 Å². The molecule has 6 nitrogen and oxygen atoms in total. The highest BCUT2D eigenvalue weighted by Gasteiger charge is 2.34. The lowest BCUT2D eigenvalue weighted by Gasteiger charge is -2.42. The van der Waals surface area contributed by atoms with E-state index in [2.05, 4.69) is 24.1 Å². The summed E-state index contributed by atoms with van der Waals surface area (Å²) in [6.45, 7) is 7.46. The van der Waals surface area contributed by atoms with Crippen LogP contribution in [0.1, 0.15) is 38.3 Å². The normalized spacial score (nSPS) is 24.8. The summed E-state index contributed by atoms with van der Waals surface area (Å²) in [4.78, 5) is 14.9. The zero-order chi connectivity index (χ0) is 19.4. The van der Waals surface area contributed by atoms with E-state index >= 15 is 0 Å². The number of ether oxygens (including phenoxy) is 2. The van der Waals surface area contributed by atoms with Gasteiger partial charge in [-0.05, 0) is 44.4 Å². The number of morpholine rings is 1. The topological polar surface area (TPSA) is 76.8 Å². The Morgan fingerprint density at radius 3 is 2.59 bits per heavy atom. The smallest absolute Gasteiger partial charge is 0.249 e. The largest absolute Gasteiger partial charge is 0.373 e. The van der Waals surface area contributed by atoms with Crippen LogP contribution in [0.5, 0.6) is 0 Å². The van der Waals surface area contributed by atoms with Crippen LogP contribution < -0.4 is 11.1 Å². The van der Waals surface area contributed by atoms with Crippen LogP contribution in [0.25, 0.3) is 0 Å². The second-order valence-electron chi connectivity index (χ2n) is 7.95. The van der Waals surface area contributed by atoms with Crippen LogP contribution in [0.15, 0.2) is 24.3 Å². The van der Waals surface area contributed by atoms with Gasteiger partial charge in [-0.15, -0.1) is 24.8 Å². The lowest BCUT2D eigenvalue weighted by atomic mass is 10.0. The van der Waals surface area contributed by atoms with Crippen molar-refractivity contribution < 1.29 is 14.3 Å². The van der Waals surface area contributed by atoms with Gasteiger partial charge in [-0.1, -0.05) is 23.7 Å².